The average Bonchev–Trinajstić information content (AvgIpc) is 3.55. The second-order valence-electron chi connectivity index (χ2n) is 7.98. The van der Waals surface area contributed by atoms with Gasteiger partial charge in [0.1, 0.15) is 21.9 Å². The number of fused-ring (bicyclic) bond motifs is 1. The topological polar surface area (TPSA) is 91.2 Å². The fourth-order valence-electron chi connectivity index (χ4n) is 4.08. The molecule has 8 heteroatoms. The van der Waals surface area contributed by atoms with Crippen LogP contribution in [0.15, 0.2) is 45.3 Å². The molecular formula is C24H23N3O4S. The molecule has 1 aliphatic rings. The molecule has 1 aliphatic carbocycles. The van der Waals surface area contributed by atoms with Crippen molar-refractivity contribution in [2.45, 2.75) is 46.1 Å². The fraction of sp³-hybridized carbons (Fsp3) is 0.333. The zero-order chi connectivity index (χ0) is 22.1. The number of hydrogen-bond donors (Lipinski definition) is 0. The Bertz CT molecular complexity index is 1240. The lowest BCUT2D eigenvalue weighted by Gasteiger charge is -2.19. The number of benzene rings is 1. The third-order valence-electron chi connectivity index (χ3n) is 5.88. The molecule has 0 radical (unpaired) electrons. The van der Waals surface area contributed by atoms with Gasteiger partial charge < -0.3 is 13.7 Å². The number of carbonyl (C=O) groups excluding carboxylic acids is 1. The molecule has 0 fully saturated rings. The van der Waals surface area contributed by atoms with Gasteiger partial charge in [0, 0.05) is 10.4 Å². The third kappa shape index (κ3) is 3.98. The minimum atomic E-state index is -0.358. The Hall–Kier alpha value is -3.26. The second kappa shape index (κ2) is 8.70. The summed E-state index contributed by atoms with van der Waals surface area (Å²) < 4.78 is 16.6. The van der Waals surface area contributed by atoms with Crippen molar-refractivity contribution in [1.82, 2.24) is 15.4 Å². The van der Waals surface area contributed by atoms with Gasteiger partial charge >= 0.3 is 5.97 Å². The summed E-state index contributed by atoms with van der Waals surface area (Å²) in [5, 5.41) is 12.3. The van der Waals surface area contributed by atoms with E-state index >= 15 is 0 Å². The van der Waals surface area contributed by atoms with E-state index in [1.165, 1.54) is 34.6 Å². The van der Waals surface area contributed by atoms with E-state index in [9.17, 15) is 4.79 Å². The Labute approximate surface area is 189 Å². The first-order chi connectivity index (χ1) is 15.6. The van der Waals surface area contributed by atoms with E-state index in [1.54, 1.807) is 6.92 Å². The molecule has 0 saturated carbocycles. The van der Waals surface area contributed by atoms with Crippen LogP contribution in [-0.4, -0.2) is 21.3 Å². The SMILES string of the molecule is CC[C@@H]1CCc2sc(C(=O)OCc3nnc(-c4c(-c5ccccc5)noc4C)o3)cc2C1. The average molecular weight is 450 g/mol. The summed E-state index contributed by atoms with van der Waals surface area (Å²) in [6.45, 7) is 3.93. The normalized spacial score (nSPS) is 15.5. The summed E-state index contributed by atoms with van der Waals surface area (Å²) in [5.74, 6) is 1.43. The summed E-state index contributed by atoms with van der Waals surface area (Å²) in [7, 11) is 0. The molecule has 3 aromatic heterocycles. The van der Waals surface area contributed by atoms with E-state index in [-0.39, 0.29) is 24.4 Å². The Balaban J connectivity index is 1.29. The van der Waals surface area contributed by atoms with E-state index in [2.05, 4.69) is 22.3 Å². The maximum Gasteiger partial charge on any atom is 0.348 e. The molecule has 0 unspecified atom stereocenters. The highest BCUT2D eigenvalue weighted by molar-refractivity contribution is 7.14. The molecule has 0 aliphatic heterocycles. The minimum Gasteiger partial charge on any atom is -0.451 e. The Kier molecular flexibility index (Phi) is 5.61. The van der Waals surface area contributed by atoms with Gasteiger partial charge in [-0.25, -0.2) is 4.79 Å². The van der Waals surface area contributed by atoms with Crippen LogP contribution in [0.4, 0.5) is 0 Å². The van der Waals surface area contributed by atoms with E-state index < -0.39 is 0 Å². The monoisotopic (exact) mass is 449 g/mol. The highest BCUT2D eigenvalue weighted by Crippen LogP contribution is 2.35. The molecule has 0 bridgehead atoms. The van der Waals surface area contributed by atoms with Crippen molar-refractivity contribution in [3.63, 3.8) is 0 Å². The number of aryl methyl sites for hydroxylation is 2. The lowest BCUT2D eigenvalue weighted by Crippen LogP contribution is -2.10. The minimum absolute atomic E-state index is 0.0863. The van der Waals surface area contributed by atoms with Gasteiger partial charge in [-0.15, -0.1) is 21.5 Å². The van der Waals surface area contributed by atoms with Gasteiger partial charge in [0.05, 0.1) is 0 Å². The smallest absolute Gasteiger partial charge is 0.348 e. The van der Waals surface area contributed by atoms with E-state index in [1.807, 2.05) is 36.4 Å². The van der Waals surface area contributed by atoms with Crippen molar-refractivity contribution in [2.24, 2.45) is 5.92 Å². The van der Waals surface area contributed by atoms with Crippen LogP contribution in [-0.2, 0) is 24.2 Å². The van der Waals surface area contributed by atoms with Gasteiger partial charge in [-0.3, -0.25) is 0 Å². The fourth-order valence-corrected chi connectivity index (χ4v) is 5.18. The zero-order valence-electron chi connectivity index (χ0n) is 18.0. The van der Waals surface area contributed by atoms with Crippen molar-refractivity contribution in [3.05, 3.63) is 63.4 Å². The molecule has 3 heterocycles. The molecule has 4 aromatic rings. The van der Waals surface area contributed by atoms with Crippen molar-refractivity contribution in [3.8, 4) is 22.7 Å². The number of carbonyl (C=O) groups is 1. The first-order valence-electron chi connectivity index (χ1n) is 10.8. The van der Waals surface area contributed by atoms with Crippen molar-refractivity contribution >= 4 is 17.3 Å². The van der Waals surface area contributed by atoms with Gasteiger partial charge in [0.15, 0.2) is 6.61 Å². The summed E-state index contributed by atoms with van der Waals surface area (Å²) >= 11 is 1.53. The largest absolute Gasteiger partial charge is 0.451 e. The van der Waals surface area contributed by atoms with E-state index in [4.69, 9.17) is 13.7 Å². The molecule has 0 spiro atoms. The molecule has 164 valence electrons. The van der Waals surface area contributed by atoms with Gasteiger partial charge in [-0.1, -0.05) is 48.8 Å². The number of rotatable bonds is 6. The number of nitrogens with zero attached hydrogens (tertiary/aromatic N) is 3. The van der Waals surface area contributed by atoms with Crippen LogP contribution in [0.1, 0.15) is 51.5 Å². The third-order valence-corrected chi connectivity index (χ3v) is 7.10. The number of ether oxygens (including phenoxy) is 1. The van der Waals surface area contributed by atoms with Crippen LogP contribution < -0.4 is 0 Å². The molecule has 0 amide bonds. The highest BCUT2D eigenvalue weighted by atomic mass is 32.1. The predicted octanol–water partition coefficient (Wildman–Crippen LogP) is 5.63. The predicted molar refractivity (Wildman–Crippen MR) is 119 cm³/mol. The summed E-state index contributed by atoms with van der Waals surface area (Å²) in [4.78, 5) is 14.5. The first kappa shape index (κ1) is 20.6. The lowest BCUT2D eigenvalue weighted by atomic mass is 9.87. The molecule has 1 aromatic carbocycles. The van der Waals surface area contributed by atoms with E-state index in [0.717, 1.165) is 18.4 Å². The maximum absolute atomic E-state index is 12.6. The van der Waals surface area contributed by atoms with Crippen molar-refractivity contribution in [2.75, 3.05) is 0 Å². The van der Waals surface area contributed by atoms with Crippen LogP contribution in [0.25, 0.3) is 22.7 Å². The molecule has 7 nitrogen and oxygen atoms in total. The molecule has 5 rings (SSSR count). The quantitative estimate of drug-likeness (QED) is 0.352. The Morgan fingerprint density at radius 2 is 2.09 bits per heavy atom. The lowest BCUT2D eigenvalue weighted by molar-refractivity contribution is 0.0444. The van der Waals surface area contributed by atoms with Gasteiger partial charge in [-0.2, -0.15) is 0 Å². The van der Waals surface area contributed by atoms with Crippen LogP contribution in [0.5, 0.6) is 0 Å². The molecular weight excluding hydrogens is 426 g/mol. The summed E-state index contributed by atoms with van der Waals surface area (Å²) in [5.41, 5.74) is 3.44. The zero-order valence-corrected chi connectivity index (χ0v) is 18.8. The Morgan fingerprint density at radius 1 is 1.25 bits per heavy atom. The van der Waals surface area contributed by atoms with Crippen molar-refractivity contribution < 1.29 is 18.5 Å². The molecule has 0 N–H and O–H groups in total. The van der Waals surface area contributed by atoms with Crippen LogP contribution in [0.3, 0.4) is 0 Å². The standard InChI is InChI=1S/C24H23N3O4S/c1-3-15-9-10-18-17(11-15)12-19(32-18)24(28)29-13-20-25-26-23(30-20)21-14(2)31-27-22(21)16-7-5-4-6-8-16/h4-8,12,15H,3,9-11,13H2,1-2H3/t15-/m1/s1. The van der Waals surface area contributed by atoms with E-state index in [0.29, 0.717) is 27.8 Å². The number of thiophene rings is 1. The van der Waals surface area contributed by atoms with Crippen LogP contribution in [0, 0.1) is 12.8 Å². The van der Waals surface area contributed by atoms with Gasteiger partial charge in [0.25, 0.3) is 11.8 Å². The Morgan fingerprint density at radius 3 is 2.91 bits per heavy atom. The van der Waals surface area contributed by atoms with Crippen molar-refractivity contribution in [1.29, 1.82) is 0 Å². The molecule has 32 heavy (non-hydrogen) atoms. The number of hydrogen-bond acceptors (Lipinski definition) is 8. The maximum atomic E-state index is 12.6. The highest BCUT2D eigenvalue weighted by Gasteiger charge is 2.24. The summed E-state index contributed by atoms with van der Waals surface area (Å²) in [6, 6.07) is 11.6. The molecule has 1 atom stereocenters. The van der Waals surface area contributed by atoms with Crippen LogP contribution >= 0.6 is 11.3 Å². The van der Waals surface area contributed by atoms with Crippen LogP contribution in [0.2, 0.25) is 0 Å². The van der Waals surface area contributed by atoms with Gasteiger partial charge in [-0.05, 0) is 43.7 Å². The first-order valence-corrected chi connectivity index (χ1v) is 11.6. The number of aromatic nitrogens is 3. The molecule has 0 saturated heterocycles. The summed E-state index contributed by atoms with van der Waals surface area (Å²) in [6.07, 6.45) is 4.45. The van der Waals surface area contributed by atoms with Gasteiger partial charge in [0.2, 0.25) is 0 Å². The second-order valence-corrected chi connectivity index (χ2v) is 9.12. The number of esters is 1.